The summed E-state index contributed by atoms with van der Waals surface area (Å²) in [6, 6.07) is 27.2. The fraction of sp³-hybridized carbons (Fsp3) is 0.111. The van der Waals surface area contributed by atoms with Gasteiger partial charge < -0.3 is 9.42 Å². The van der Waals surface area contributed by atoms with Crippen molar-refractivity contribution < 1.29 is 9.32 Å². The van der Waals surface area contributed by atoms with Gasteiger partial charge in [-0.2, -0.15) is 0 Å². The van der Waals surface area contributed by atoms with Gasteiger partial charge in [-0.3, -0.25) is 4.79 Å². The predicted octanol–water partition coefficient (Wildman–Crippen LogP) is 6.12. The standard InChI is InChI=1S/C27H21ClN2O2/c28-22-13-11-21(12-14-22)26-24-18-30(16-15-25(24)29-32-26)27(31)23(20-9-5-2-6-10-20)17-19-7-3-1-4-8-19/h1-14,17H,15-16,18H2/b23-17-. The van der Waals surface area contributed by atoms with Crippen LogP contribution in [0.15, 0.2) is 89.5 Å². The number of hydrogen-bond acceptors (Lipinski definition) is 3. The van der Waals surface area contributed by atoms with E-state index in [1.807, 2.05) is 95.9 Å². The van der Waals surface area contributed by atoms with Crippen molar-refractivity contribution in [2.75, 3.05) is 6.54 Å². The molecule has 4 nitrogen and oxygen atoms in total. The van der Waals surface area contributed by atoms with Gasteiger partial charge in [-0.05, 0) is 41.5 Å². The minimum absolute atomic E-state index is 0.00559. The smallest absolute Gasteiger partial charge is 0.254 e. The van der Waals surface area contributed by atoms with E-state index in [2.05, 4.69) is 5.16 Å². The normalized spacial score (nSPS) is 13.7. The van der Waals surface area contributed by atoms with E-state index in [1.54, 1.807) is 0 Å². The molecule has 0 aliphatic carbocycles. The van der Waals surface area contributed by atoms with Crippen LogP contribution >= 0.6 is 11.6 Å². The molecule has 5 rings (SSSR count). The maximum Gasteiger partial charge on any atom is 0.254 e. The molecular weight excluding hydrogens is 420 g/mol. The summed E-state index contributed by atoms with van der Waals surface area (Å²) in [5.74, 6) is 0.691. The highest BCUT2D eigenvalue weighted by molar-refractivity contribution is 6.30. The Morgan fingerprint density at radius 2 is 1.62 bits per heavy atom. The molecule has 4 aromatic rings. The van der Waals surface area contributed by atoms with Crippen molar-refractivity contribution >= 4 is 29.2 Å². The second-order valence-electron chi connectivity index (χ2n) is 7.76. The molecule has 1 aliphatic heterocycles. The van der Waals surface area contributed by atoms with Crippen molar-refractivity contribution in [1.29, 1.82) is 0 Å². The highest BCUT2D eigenvalue weighted by Gasteiger charge is 2.29. The van der Waals surface area contributed by atoms with E-state index in [4.69, 9.17) is 16.1 Å². The lowest BCUT2D eigenvalue weighted by molar-refractivity contribution is -0.125. The Morgan fingerprint density at radius 3 is 2.34 bits per heavy atom. The third-order valence-corrected chi connectivity index (χ3v) is 5.91. The summed E-state index contributed by atoms with van der Waals surface area (Å²) in [6.07, 6.45) is 2.62. The number of carbonyl (C=O) groups excluding carboxylic acids is 1. The maximum atomic E-state index is 13.7. The number of rotatable bonds is 4. The number of hydrogen-bond donors (Lipinski definition) is 0. The van der Waals surface area contributed by atoms with Gasteiger partial charge in [-0.1, -0.05) is 77.4 Å². The number of nitrogens with zero attached hydrogens (tertiary/aromatic N) is 2. The Kier molecular flexibility index (Phi) is 5.61. The molecule has 0 bridgehead atoms. The molecule has 32 heavy (non-hydrogen) atoms. The third-order valence-electron chi connectivity index (χ3n) is 5.66. The van der Waals surface area contributed by atoms with Crippen molar-refractivity contribution in [2.24, 2.45) is 0 Å². The van der Waals surface area contributed by atoms with Crippen molar-refractivity contribution in [3.8, 4) is 11.3 Å². The van der Waals surface area contributed by atoms with E-state index in [9.17, 15) is 4.79 Å². The Bertz CT molecular complexity index is 1260. The molecule has 0 saturated carbocycles. The van der Waals surface area contributed by atoms with Gasteiger partial charge in [0.15, 0.2) is 5.76 Å². The van der Waals surface area contributed by atoms with Gasteiger partial charge in [0.25, 0.3) is 5.91 Å². The lowest BCUT2D eigenvalue weighted by Gasteiger charge is -2.27. The largest absolute Gasteiger partial charge is 0.356 e. The first-order chi connectivity index (χ1) is 15.7. The van der Waals surface area contributed by atoms with Gasteiger partial charge in [0.2, 0.25) is 0 Å². The summed E-state index contributed by atoms with van der Waals surface area (Å²) >= 11 is 6.04. The topological polar surface area (TPSA) is 46.3 Å². The first-order valence-electron chi connectivity index (χ1n) is 10.5. The quantitative estimate of drug-likeness (QED) is 0.283. The van der Waals surface area contributed by atoms with E-state index in [-0.39, 0.29) is 5.91 Å². The second-order valence-corrected chi connectivity index (χ2v) is 8.19. The van der Waals surface area contributed by atoms with Gasteiger partial charge in [0.1, 0.15) is 0 Å². The minimum Gasteiger partial charge on any atom is -0.356 e. The average molecular weight is 441 g/mol. The van der Waals surface area contributed by atoms with Gasteiger partial charge in [-0.15, -0.1) is 0 Å². The highest BCUT2D eigenvalue weighted by atomic mass is 35.5. The number of benzene rings is 3. The fourth-order valence-electron chi connectivity index (χ4n) is 3.99. The van der Waals surface area contributed by atoms with Crippen molar-refractivity contribution in [1.82, 2.24) is 10.1 Å². The predicted molar refractivity (Wildman–Crippen MR) is 127 cm³/mol. The molecule has 3 aromatic carbocycles. The second kappa shape index (κ2) is 8.85. The highest BCUT2D eigenvalue weighted by Crippen LogP contribution is 2.32. The van der Waals surface area contributed by atoms with E-state index >= 15 is 0 Å². The lowest BCUT2D eigenvalue weighted by Crippen LogP contribution is -2.36. The molecule has 0 radical (unpaired) electrons. The molecule has 1 aromatic heterocycles. The molecular formula is C27H21ClN2O2. The van der Waals surface area contributed by atoms with Crippen LogP contribution in [0.4, 0.5) is 0 Å². The number of aromatic nitrogens is 1. The number of halogens is 1. The van der Waals surface area contributed by atoms with E-state index in [0.717, 1.165) is 27.9 Å². The summed E-state index contributed by atoms with van der Waals surface area (Å²) in [4.78, 5) is 15.6. The fourth-order valence-corrected chi connectivity index (χ4v) is 4.11. The molecule has 5 heteroatoms. The van der Waals surface area contributed by atoms with Gasteiger partial charge in [0, 0.05) is 34.7 Å². The number of fused-ring (bicyclic) bond motifs is 1. The summed E-state index contributed by atoms with van der Waals surface area (Å²) in [6.45, 7) is 1.05. The van der Waals surface area contributed by atoms with Crippen molar-refractivity contribution in [3.63, 3.8) is 0 Å². The molecule has 0 N–H and O–H groups in total. The van der Waals surface area contributed by atoms with Crippen LogP contribution in [-0.4, -0.2) is 22.5 Å². The molecule has 158 valence electrons. The van der Waals surface area contributed by atoms with Crippen LogP contribution < -0.4 is 0 Å². The van der Waals surface area contributed by atoms with Gasteiger partial charge in [-0.25, -0.2) is 0 Å². The first kappa shape index (κ1) is 20.3. The van der Waals surface area contributed by atoms with E-state index < -0.39 is 0 Å². The molecule has 1 aliphatic rings. The Balaban J connectivity index is 1.48. The minimum atomic E-state index is -0.00559. The van der Waals surface area contributed by atoms with Crippen molar-refractivity contribution in [3.05, 3.63) is 112 Å². The Morgan fingerprint density at radius 1 is 0.938 bits per heavy atom. The van der Waals surface area contributed by atoms with E-state index in [1.165, 1.54) is 0 Å². The zero-order chi connectivity index (χ0) is 21.9. The average Bonchev–Trinajstić information content (AvgIpc) is 3.27. The summed E-state index contributed by atoms with van der Waals surface area (Å²) in [5, 5.41) is 4.92. The van der Waals surface area contributed by atoms with Crippen LogP contribution in [0.1, 0.15) is 22.4 Å². The lowest BCUT2D eigenvalue weighted by atomic mass is 9.98. The molecule has 0 atom stereocenters. The van der Waals surface area contributed by atoms with Crippen LogP contribution in [0.3, 0.4) is 0 Å². The van der Waals surface area contributed by atoms with E-state index in [0.29, 0.717) is 35.9 Å². The van der Waals surface area contributed by atoms with Crippen LogP contribution in [0.25, 0.3) is 23.0 Å². The summed E-state index contributed by atoms with van der Waals surface area (Å²) < 4.78 is 5.67. The summed E-state index contributed by atoms with van der Waals surface area (Å²) in [7, 11) is 0. The zero-order valence-electron chi connectivity index (χ0n) is 17.4. The van der Waals surface area contributed by atoms with Crippen molar-refractivity contribution in [2.45, 2.75) is 13.0 Å². The van der Waals surface area contributed by atoms with Gasteiger partial charge in [0.05, 0.1) is 12.2 Å². The molecule has 0 saturated heterocycles. The molecule has 2 heterocycles. The SMILES string of the molecule is O=C(/C(=C\c1ccccc1)c1ccccc1)N1CCc2noc(-c3ccc(Cl)cc3)c2C1. The Labute approximate surface area is 191 Å². The number of carbonyl (C=O) groups is 1. The maximum absolute atomic E-state index is 13.7. The monoisotopic (exact) mass is 440 g/mol. The number of amides is 1. The van der Waals surface area contributed by atoms with Crippen LogP contribution in [0.5, 0.6) is 0 Å². The third kappa shape index (κ3) is 4.10. The van der Waals surface area contributed by atoms with Gasteiger partial charge >= 0.3 is 0 Å². The van der Waals surface area contributed by atoms with Crippen LogP contribution in [0, 0.1) is 0 Å². The molecule has 0 spiro atoms. The molecule has 1 amide bonds. The molecule has 0 fully saturated rings. The molecule has 0 unspecified atom stereocenters. The zero-order valence-corrected chi connectivity index (χ0v) is 18.1. The Hall–Kier alpha value is -3.63. The van der Waals surface area contributed by atoms with Crippen LogP contribution in [-0.2, 0) is 17.8 Å². The first-order valence-corrected chi connectivity index (χ1v) is 10.9. The summed E-state index contributed by atoms with van der Waals surface area (Å²) in [5.41, 5.74) is 5.33. The van der Waals surface area contributed by atoms with Crippen LogP contribution in [0.2, 0.25) is 5.02 Å².